The molecule has 1 aliphatic heterocycles. The zero-order valence-corrected chi connectivity index (χ0v) is 13.9. The van der Waals surface area contributed by atoms with Crippen LogP contribution < -0.4 is 0 Å². The van der Waals surface area contributed by atoms with Crippen LogP contribution in [0.15, 0.2) is 24.3 Å². The second kappa shape index (κ2) is 6.60. The minimum Gasteiger partial charge on any atom is -0.465 e. The molecule has 0 spiro atoms. The number of carbonyl (C=O) groups excluding carboxylic acids is 1. The van der Waals surface area contributed by atoms with Gasteiger partial charge in [0.15, 0.2) is 0 Å². The van der Waals surface area contributed by atoms with E-state index in [4.69, 9.17) is 4.74 Å². The van der Waals surface area contributed by atoms with Crippen LogP contribution >= 0.6 is 15.9 Å². The Kier molecular flexibility index (Phi) is 5.20. The third-order valence-electron chi connectivity index (χ3n) is 4.02. The molecule has 1 fully saturated rings. The Labute approximate surface area is 136 Å². The van der Waals surface area contributed by atoms with Crippen molar-refractivity contribution in [2.45, 2.75) is 31.3 Å². The first-order valence-corrected chi connectivity index (χ1v) is 8.08. The highest BCUT2D eigenvalue weighted by atomic mass is 79.9. The van der Waals surface area contributed by atoms with Gasteiger partial charge in [-0.2, -0.15) is 13.2 Å². The molecule has 2 rings (SSSR count). The van der Waals surface area contributed by atoms with Crippen LogP contribution in [-0.4, -0.2) is 17.4 Å². The molecule has 0 saturated carbocycles. The lowest BCUT2D eigenvalue weighted by molar-refractivity contribution is -0.141. The molecule has 1 heterocycles. The van der Waals surface area contributed by atoms with E-state index < -0.39 is 11.7 Å². The molecule has 122 valence electrons. The van der Waals surface area contributed by atoms with Crippen LogP contribution in [0.2, 0.25) is 0 Å². The van der Waals surface area contributed by atoms with Gasteiger partial charge >= 0.3 is 12.1 Å². The molecule has 1 aromatic rings. The highest BCUT2D eigenvalue weighted by Gasteiger charge is 2.41. The summed E-state index contributed by atoms with van der Waals surface area (Å²) in [5.74, 6) is -0.206. The number of alkyl halides is 4. The summed E-state index contributed by atoms with van der Waals surface area (Å²) in [5, 5.41) is 0. The number of esters is 1. The van der Waals surface area contributed by atoms with E-state index in [9.17, 15) is 18.0 Å². The standard InChI is InChI=1S/C16H18BrF3O2/c1-9(2)14(17)13-8-22-15(21)12(13)7-10-3-5-11(6-4-10)16(18,19)20/h3-6,9,12-14H,7-8H2,1-2H3/t12-,13-,14-/m1/s1. The minimum absolute atomic E-state index is 0.0368. The van der Waals surface area contributed by atoms with Gasteiger partial charge in [-0.3, -0.25) is 4.79 Å². The van der Waals surface area contributed by atoms with Crippen molar-refractivity contribution >= 4 is 21.9 Å². The summed E-state index contributed by atoms with van der Waals surface area (Å²) in [6, 6.07) is 4.98. The molecule has 0 aliphatic carbocycles. The highest BCUT2D eigenvalue weighted by molar-refractivity contribution is 9.09. The van der Waals surface area contributed by atoms with Crippen LogP contribution in [0.4, 0.5) is 13.2 Å². The molecular weight excluding hydrogens is 361 g/mol. The van der Waals surface area contributed by atoms with E-state index in [1.54, 1.807) is 0 Å². The van der Waals surface area contributed by atoms with Crippen molar-refractivity contribution in [3.05, 3.63) is 35.4 Å². The third kappa shape index (κ3) is 3.83. The Morgan fingerprint density at radius 1 is 1.27 bits per heavy atom. The Morgan fingerprint density at radius 2 is 1.86 bits per heavy atom. The molecule has 22 heavy (non-hydrogen) atoms. The monoisotopic (exact) mass is 378 g/mol. The average molecular weight is 379 g/mol. The van der Waals surface area contributed by atoms with Crippen LogP contribution in [0.5, 0.6) is 0 Å². The fraction of sp³-hybridized carbons (Fsp3) is 0.562. The molecule has 0 unspecified atom stereocenters. The number of carbonyl (C=O) groups is 1. The van der Waals surface area contributed by atoms with Gasteiger partial charge in [0, 0.05) is 10.7 Å². The van der Waals surface area contributed by atoms with Crippen molar-refractivity contribution in [2.75, 3.05) is 6.61 Å². The quantitative estimate of drug-likeness (QED) is 0.571. The predicted octanol–water partition coefficient (Wildman–Crippen LogP) is 4.46. The van der Waals surface area contributed by atoms with Gasteiger partial charge in [0.1, 0.15) is 0 Å². The van der Waals surface area contributed by atoms with E-state index in [0.717, 1.165) is 12.1 Å². The van der Waals surface area contributed by atoms with Gasteiger partial charge in [-0.1, -0.05) is 41.9 Å². The zero-order valence-electron chi connectivity index (χ0n) is 12.4. The Hall–Kier alpha value is -1.04. The fourth-order valence-electron chi connectivity index (χ4n) is 2.70. The lowest BCUT2D eigenvalue weighted by Crippen LogP contribution is -2.29. The van der Waals surface area contributed by atoms with Crippen LogP contribution in [-0.2, 0) is 22.1 Å². The molecule has 1 aromatic carbocycles. The lowest BCUT2D eigenvalue weighted by Gasteiger charge is -2.23. The van der Waals surface area contributed by atoms with Gasteiger partial charge in [-0.25, -0.2) is 0 Å². The van der Waals surface area contributed by atoms with Gasteiger partial charge < -0.3 is 4.74 Å². The second-order valence-corrected chi connectivity index (χ2v) is 7.04. The number of cyclic esters (lactones) is 1. The molecule has 3 atom stereocenters. The summed E-state index contributed by atoms with van der Waals surface area (Å²) in [7, 11) is 0. The smallest absolute Gasteiger partial charge is 0.416 e. The van der Waals surface area contributed by atoms with Crippen molar-refractivity contribution < 1.29 is 22.7 Å². The maximum Gasteiger partial charge on any atom is 0.416 e. The van der Waals surface area contributed by atoms with Crippen molar-refractivity contribution in [3.8, 4) is 0 Å². The van der Waals surface area contributed by atoms with E-state index in [2.05, 4.69) is 29.8 Å². The summed E-state index contributed by atoms with van der Waals surface area (Å²) in [5.41, 5.74) is 0.0349. The first-order chi connectivity index (χ1) is 10.2. The van der Waals surface area contributed by atoms with Crippen molar-refractivity contribution in [1.29, 1.82) is 0 Å². The number of hydrogen-bond acceptors (Lipinski definition) is 2. The van der Waals surface area contributed by atoms with Crippen LogP contribution in [0, 0.1) is 17.8 Å². The van der Waals surface area contributed by atoms with Gasteiger partial charge in [-0.05, 0) is 30.0 Å². The number of halogens is 4. The van der Waals surface area contributed by atoms with E-state index in [1.165, 1.54) is 12.1 Å². The van der Waals surface area contributed by atoms with Crippen LogP contribution in [0.25, 0.3) is 0 Å². The number of benzene rings is 1. The largest absolute Gasteiger partial charge is 0.465 e. The number of hydrogen-bond donors (Lipinski definition) is 0. The van der Waals surface area contributed by atoms with Crippen LogP contribution in [0.3, 0.4) is 0 Å². The van der Waals surface area contributed by atoms with Crippen LogP contribution in [0.1, 0.15) is 25.0 Å². The van der Waals surface area contributed by atoms with E-state index >= 15 is 0 Å². The third-order valence-corrected chi connectivity index (χ3v) is 5.76. The molecule has 0 radical (unpaired) electrons. The molecule has 6 heteroatoms. The second-order valence-electron chi connectivity index (χ2n) is 5.99. The molecule has 0 N–H and O–H groups in total. The Balaban J connectivity index is 2.12. The Bertz CT molecular complexity index is 525. The van der Waals surface area contributed by atoms with Crippen molar-refractivity contribution in [1.82, 2.24) is 0 Å². The normalized spacial score (nSPS) is 23.7. The maximum absolute atomic E-state index is 12.6. The topological polar surface area (TPSA) is 26.3 Å². The van der Waals surface area contributed by atoms with Gasteiger partial charge in [0.2, 0.25) is 0 Å². The van der Waals surface area contributed by atoms with Crippen molar-refractivity contribution in [2.24, 2.45) is 17.8 Å². The summed E-state index contributed by atoms with van der Waals surface area (Å²) in [4.78, 5) is 12.1. The average Bonchev–Trinajstić information content (AvgIpc) is 2.79. The SMILES string of the molecule is CC(C)[C@@H](Br)[C@@H]1COC(=O)[C@@H]1Cc1ccc(C(F)(F)F)cc1. The highest BCUT2D eigenvalue weighted by Crippen LogP contribution is 2.36. The summed E-state index contributed by atoms with van der Waals surface area (Å²) in [6.07, 6.45) is -3.94. The summed E-state index contributed by atoms with van der Waals surface area (Å²) >= 11 is 3.61. The maximum atomic E-state index is 12.6. The molecule has 1 aliphatic rings. The zero-order chi connectivity index (χ0) is 16.5. The van der Waals surface area contributed by atoms with Gasteiger partial charge in [0.25, 0.3) is 0 Å². The molecule has 0 aromatic heterocycles. The van der Waals surface area contributed by atoms with E-state index in [1.807, 2.05) is 0 Å². The van der Waals surface area contributed by atoms with Gasteiger partial charge in [-0.15, -0.1) is 0 Å². The molecule has 1 saturated heterocycles. The summed E-state index contributed by atoms with van der Waals surface area (Å²) < 4.78 is 42.8. The molecular formula is C16H18BrF3O2. The number of rotatable bonds is 4. The minimum atomic E-state index is -4.34. The summed E-state index contributed by atoms with van der Waals surface area (Å²) in [6.45, 7) is 4.47. The van der Waals surface area contributed by atoms with E-state index in [0.29, 0.717) is 24.5 Å². The molecule has 2 nitrogen and oxygen atoms in total. The molecule has 0 bridgehead atoms. The lowest BCUT2D eigenvalue weighted by atomic mass is 9.84. The first-order valence-electron chi connectivity index (χ1n) is 7.17. The first kappa shape index (κ1) is 17.3. The number of ether oxygens (including phenoxy) is 1. The Morgan fingerprint density at radius 3 is 2.36 bits per heavy atom. The predicted molar refractivity (Wildman–Crippen MR) is 80.6 cm³/mol. The molecule has 0 amide bonds. The van der Waals surface area contributed by atoms with Gasteiger partial charge in [0.05, 0.1) is 18.1 Å². The fourth-order valence-corrected chi connectivity index (χ4v) is 3.22. The van der Waals surface area contributed by atoms with E-state index in [-0.39, 0.29) is 22.6 Å². The van der Waals surface area contributed by atoms with Crippen molar-refractivity contribution in [3.63, 3.8) is 0 Å².